The van der Waals surface area contributed by atoms with Crippen molar-refractivity contribution in [3.63, 3.8) is 0 Å². The van der Waals surface area contributed by atoms with E-state index in [4.69, 9.17) is 24.2 Å². The van der Waals surface area contributed by atoms with E-state index in [9.17, 15) is 14.7 Å². The number of anilines is 1. The zero-order chi connectivity index (χ0) is 38.1. The van der Waals surface area contributed by atoms with Gasteiger partial charge in [0.05, 0.1) is 35.0 Å². The smallest absolute Gasteiger partial charge is 0.407 e. The predicted molar refractivity (Wildman–Crippen MR) is 206 cm³/mol. The molecule has 14 nitrogen and oxygen atoms in total. The molecule has 2 N–H and O–H groups in total. The second-order valence-corrected chi connectivity index (χ2v) is 21.5. The van der Waals surface area contributed by atoms with Crippen molar-refractivity contribution < 1.29 is 24.0 Å². The topological polar surface area (TPSA) is 165 Å². The standard InChI is InChI=1S/C38H49N9O5Si/c1-24-19-26(9-11-28(24)25(2)42-34(48)35-43-36(44-52-35)38(3,4)5)32-29-20-31(47(33(29)41-22-40-32)23-51-17-18-53(6,7)8)30-12-10-27(21-39-30)45-13-15-46(16-14-45)37(49)50/h9-12,19-22,25H,13-18,23H2,1-8H3,(H,42,48)(H,49,50)/t25-/m1/s1. The number of amides is 2. The molecular weight excluding hydrogens is 691 g/mol. The number of piperazine rings is 1. The van der Waals surface area contributed by atoms with E-state index < -0.39 is 20.1 Å². The number of carbonyl (C=O) groups is 2. The van der Waals surface area contributed by atoms with E-state index in [0.29, 0.717) is 45.3 Å². The van der Waals surface area contributed by atoms with E-state index in [0.717, 1.165) is 56.5 Å². The highest BCUT2D eigenvalue weighted by Gasteiger charge is 2.26. The van der Waals surface area contributed by atoms with Crippen LogP contribution in [-0.4, -0.2) is 92.5 Å². The Bertz CT molecular complexity index is 2090. The number of benzene rings is 1. The number of pyridine rings is 1. The number of nitrogens with one attached hydrogen (secondary N) is 1. The van der Waals surface area contributed by atoms with Gasteiger partial charge in [0, 0.05) is 57.2 Å². The highest BCUT2D eigenvalue weighted by molar-refractivity contribution is 6.76. The molecular formula is C38H49N9O5Si. The first-order valence-corrected chi connectivity index (χ1v) is 21.7. The summed E-state index contributed by atoms with van der Waals surface area (Å²) < 4.78 is 13.6. The van der Waals surface area contributed by atoms with Gasteiger partial charge in [0.2, 0.25) is 0 Å². The lowest BCUT2D eigenvalue weighted by atomic mass is 9.96. The van der Waals surface area contributed by atoms with Gasteiger partial charge in [0.15, 0.2) is 5.82 Å². The number of ether oxygens (including phenoxy) is 1. The molecule has 280 valence electrons. The van der Waals surface area contributed by atoms with Gasteiger partial charge in [-0.05, 0) is 55.3 Å². The normalized spacial score (nSPS) is 14.5. The van der Waals surface area contributed by atoms with Gasteiger partial charge in [0.25, 0.3) is 0 Å². The monoisotopic (exact) mass is 739 g/mol. The van der Waals surface area contributed by atoms with Gasteiger partial charge in [-0.1, -0.05) is 57.7 Å². The predicted octanol–water partition coefficient (Wildman–Crippen LogP) is 6.75. The molecule has 6 rings (SSSR count). The molecule has 0 bridgehead atoms. The summed E-state index contributed by atoms with van der Waals surface area (Å²) in [7, 11) is -1.29. The van der Waals surface area contributed by atoms with Crippen molar-refractivity contribution in [2.24, 2.45) is 0 Å². The van der Waals surface area contributed by atoms with E-state index in [2.05, 4.69) is 56.7 Å². The Morgan fingerprint density at radius 1 is 1.04 bits per heavy atom. The average molecular weight is 740 g/mol. The van der Waals surface area contributed by atoms with Crippen molar-refractivity contribution >= 4 is 36.8 Å². The minimum Gasteiger partial charge on any atom is -0.465 e. The highest BCUT2D eigenvalue weighted by atomic mass is 28.3. The van der Waals surface area contributed by atoms with Gasteiger partial charge in [0.1, 0.15) is 18.7 Å². The van der Waals surface area contributed by atoms with Crippen LogP contribution < -0.4 is 10.2 Å². The number of aryl methyl sites for hydroxylation is 1. The molecule has 5 aromatic rings. The molecule has 0 radical (unpaired) electrons. The van der Waals surface area contributed by atoms with Gasteiger partial charge in [-0.3, -0.25) is 14.3 Å². The van der Waals surface area contributed by atoms with E-state index >= 15 is 0 Å². The Morgan fingerprint density at radius 2 is 1.79 bits per heavy atom. The SMILES string of the molecule is Cc1cc(-c2ncnc3c2cc(-c2ccc(N4CCN(C(=O)O)CC4)cn2)n3COCC[Si](C)(C)C)ccc1[C@@H](C)NC(=O)c1nc(C(C)(C)C)no1. The van der Waals surface area contributed by atoms with Gasteiger partial charge < -0.3 is 29.5 Å². The number of aromatic nitrogens is 6. The average Bonchev–Trinajstić information content (AvgIpc) is 3.76. The second kappa shape index (κ2) is 15.1. The quantitative estimate of drug-likeness (QED) is 0.109. The summed E-state index contributed by atoms with van der Waals surface area (Å²) in [6.07, 6.45) is 2.53. The summed E-state index contributed by atoms with van der Waals surface area (Å²) in [4.78, 5) is 46.6. The van der Waals surface area contributed by atoms with Crippen molar-refractivity contribution in [3.05, 3.63) is 71.8 Å². The van der Waals surface area contributed by atoms with Crippen molar-refractivity contribution in [1.82, 2.24) is 39.9 Å². The molecule has 1 atom stereocenters. The van der Waals surface area contributed by atoms with Crippen LogP contribution in [-0.2, 0) is 16.9 Å². The molecule has 15 heteroatoms. The molecule has 0 aliphatic carbocycles. The summed E-state index contributed by atoms with van der Waals surface area (Å²) in [6, 6.07) is 12.9. The lowest BCUT2D eigenvalue weighted by Crippen LogP contribution is -2.48. The Hall–Kier alpha value is -5.15. The fraction of sp³-hybridized carbons (Fsp3) is 0.447. The van der Waals surface area contributed by atoms with Crippen LogP contribution in [0.3, 0.4) is 0 Å². The second-order valence-electron chi connectivity index (χ2n) is 15.9. The minimum absolute atomic E-state index is 0.0630. The number of rotatable bonds is 11. The van der Waals surface area contributed by atoms with Crippen LogP contribution in [0.1, 0.15) is 61.4 Å². The molecule has 0 saturated carbocycles. The lowest BCUT2D eigenvalue weighted by Gasteiger charge is -2.34. The third-order valence-electron chi connectivity index (χ3n) is 9.48. The maximum Gasteiger partial charge on any atom is 0.407 e. The molecule has 1 aliphatic rings. The lowest BCUT2D eigenvalue weighted by molar-refractivity contribution is 0.0894. The summed E-state index contributed by atoms with van der Waals surface area (Å²) in [5.74, 6) is -0.0140. The number of hydrogen-bond acceptors (Lipinski definition) is 10. The zero-order valence-electron chi connectivity index (χ0n) is 31.8. The Labute approximate surface area is 310 Å². The molecule has 1 aliphatic heterocycles. The van der Waals surface area contributed by atoms with Crippen molar-refractivity contribution in [2.75, 3.05) is 37.7 Å². The zero-order valence-corrected chi connectivity index (χ0v) is 32.8. The molecule has 1 fully saturated rings. The van der Waals surface area contributed by atoms with Crippen molar-refractivity contribution in [2.45, 2.75) is 78.5 Å². The highest BCUT2D eigenvalue weighted by Crippen LogP contribution is 2.34. The fourth-order valence-corrected chi connectivity index (χ4v) is 7.07. The Morgan fingerprint density at radius 3 is 2.42 bits per heavy atom. The number of carbonyl (C=O) groups excluding carboxylic acids is 1. The summed E-state index contributed by atoms with van der Waals surface area (Å²) in [5.41, 5.74) is 6.60. The third-order valence-corrected chi connectivity index (χ3v) is 11.2. The molecule has 0 spiro atoms. The van der Waals surface area contributed by atoms with Crippen LogP contribution >= 0.6 is 0 Å². The first kappa shape index (κ1) is 37.6. The van der Waals surface area contributed by atoms with Crippen LogP contribution in [0.15, 0.2) is 53.4 Å². The third kappa shape index (κ3) is 8.57. The van der Waals surface area contributed by atoms with E-state index in [1.54, 1.807) is 6.33 Å². The van der Waals surface area contributed by atoms with Crippen LogP contribution in [0.5, 0.6) is 0 Å². The van der Waals surface area contributed by atoms with Gasteiger partial charge in [-0.2, -0.15) is 4.98 Å². The minimum atomic E-state index is -1.29. The van der Waals surface area contributed by atoms with Crippen molar-refractivity contribution in [3.8, 4) is 22.6 Å². The van der Waals surface area contributed by atoms with E-state index in [-0.39, 0.29) is 17.3 Å². The molecule has 1 saturated heterocycles. The number of hydrogen-bond donors (Lipinski definition) is 2. The maximum atomic E-state index is 13.0. The first-order chi connectivity index (χ1) is 25.1. The van der Waals surface area contributed by atoms with Crippen LogP contribution in [0.2, 0.25) is 25.7 Å². The largest absolute Gasteiger partial charge is 0.465 e. The first-order valence-electron chi connectivity index (χ1n) is 18.0. The fourth-order valence-electron chi connectivity index (χ4n) is 6.32. The number of nitrogens with zero attached hydrogens (tertiary/aromatic N) is 8. The van der Waals surface area contributed by atoms with Crippen LogP contribution in [0.4, 0.5) is 10.5 Å². The van der Waals surface area contributed by atoms with Crippen LogP contribution in [0.25, 0.3) is 33.7 Å². The summed E-state index contributed by atoms with van der Waals surface area (Å²) >= 11 is 0. The van der Waals surface area contributed by atoms with Gasteiger partial charge in [-0.25, -0.2) is 14.8 Å². The number of carboxylic acid groups (broad SMARTS) is 1. The molecule has 53 heavy (non-hydrogen) atoms. The van der Waals surface area contributed by atoms with E-state index in [1.165, 1.54) is 4.90 Å². The molecule has 4 aromatic heterocycles. The molecule has 5 heterocycles. The molecule has 0 unspecified atom stereocenters. The maximum absolute atomic E-state index is 13.0. The number of fused-ring (bicyclic) bond motifs is 1. The van der Waals surface area contributed by atoms with Crippen molar-refractivity contribution in [1.29, 1.82) is 0 Å². The molecule has 1 aromatic carbocycles. The summed E-state index contributed by atoms with van der Waals surface area (Å²) in [5, 5.41) is 17.2. The van der Waals surface area contributed by atoms with Gasteiger partial charge in [-0.15, -0.1) is 0 Å². The molecule has 2 amide bonds. The van der Waals surface area contributed by atoms with E-state index in [1.807, 2.05) is 65.1 Å². The Kier molecular flexibility index (Phi) is 10.7. The summed E-state index contributed by atoms with van der Waals surface area (Å²) in [6.45, 7) is 19.9. The van der Waals surface area contributed by atoms with Crippen LogP contribution in [0, 0.1) is 6.92 Å². The Balaban J connectivity index is 1.28. The van der Waals surface area contributed by atoms with Gasteiger partial charge >= 0.3 is 17.9 Å².